The van der Waals surface area contributed by atoms with Gasteiger partial charge >= 0.3 is 0 Å². The third-order valence-electron chi connectivity index (χ3n) is 6.40. The summed E-state index contributed by atoms with van der Waals surface area (Å²) in [6.45, 7) is 4.29. The second-order valence-electron chi connectivity index (χ2n) is 8.34. The second kappa shape index (κ2) is 7.27. The molecule has 154 valence electrons. The highest BCUT2D eigenvalue weighted by Gasteiger charge is 2.34. The van der Waals surface area contributed by atoms with Crippen LogP contribution in [0.5, 0.6) is 0 Å². The number of aryl methyl sites for hydroxylation is 3. The van der Waals surface area contributed by atoms with Crippen LogP contribution in [0.25, 0.3) is 5.69 Å². The lowest BCUT2D eigenvalue weighted by Gasteiger charge is -2.24. The number of benzene rings is 1. The first-order valence-corrected chi connectivity index (χ1v) is 10.6. The smallest absolute Gasteiger partial charge is 0.268 e. The molecule has 1 atom stereocenters. The van der Waals surface area contributed by atoms with Gasteiger partial charge in [-0.25, -0.2) is 0 Å². The van der Waals surface area contributed by atoms with Crippen molar-refractivity contribution in [3.8, 4) is 5.69 Å². The van der Waals surface area contributed by atoms with Crippen molar-refractivity contribution in [3.05, 3.63) is 80.6 Å². The quantitative estimate of drug-likeness (QED) is 0.665. The van der Waals surface area contributed by atoms with E-state index in [-0.39, 0.29) is 23.1 Å². The van der Waals surface area contributed by atoms with E-state index in [2.05, 4.69) is 11.2 Å². The second-order valence-corrected chi connectivity index (χ2v) is 8.34. The van der Waals surface area contributed by atoms with E-state index in [1.54, 1.807) is 15.7 Å². The van der Waals surface area contributed by atoms with Gasteiger partial charge in [-0.15, -0.1) is 0 Å². The molecule has 1 fully saturated rings. The number of likely N-dealkylation sites (tertiary alicyclic amines) is 1. The number of nitrogens with zero attached hydrogens (tertiary/aromatic N) is 3. The fourth-order valence-electron chi connectivity index (χ4n) is 4.91. The summed E-state index contributed by atoms with van der Waals surface area (Å²) in [6.07, 6.45) is 6.62. The molecule has 1 unspecified atom stereocenters. The Morgan fingerprint density at radius 3 is 2.83 bits per heavy atom. The van der Waals surface area contributed by atoms with Crippen LogP contribution in [0.3, 0.4) is 0 Å². The van der Waals surface area contributed by atoms with Gasteiger partial charge in [-0.3, -0.25) is 14.2 Å². The molecule has 2 aliphatic rings. The van der Waals surface area contributed by atoms with Gasteiger partial charge in [-0.2, -0.15) is 0 Å². The molecule has 1 saturated heterocycles. The minimum absolute atomic E-state index is 0.150. The van der Waals surface area contributed by atoms with Gasteiger partial charge in [-0.1, -0.05) is 17.3 Å². The molecule has 3 aromatic rings. The lowest BCUT2D eigenvalue weighted by atomic mass is 10.1. The van der Waals surface area contributed by atoms with Gasteiger partial charge in [0.25, 0.3) is 11.5 Å². The van der Waals surface area contributed by atoms with Crippen LogP contribution in [-0.2, 0) is 12.8 Å². The van der Waals surface area contributed by atoms with Gasteiger partial charge in [0.05, 0.1) is 11.7 Å². The molecule has 1 aliphatic carbocycles. The van der Waals surface area contributed by atoms with Crippen molar-refractivity contribution in [3.63, 3.8) is 0 Å². The molecule has 0 radical (unpaired) electrons. The summed E-state index contributed by atoms with van der Waals surface area (Å²) in [5.41, 5.74) is 4.88. The molecule has 30 heavy (non-hydrogen) atoms. The number of carbonyl (C=O) groups excluding carboxylic acids is 1. The predicted molar refractivity (Wildman–Crippen MR) is 113 cm³/mol. The summed E-state index contributed by atoms with van der Waals surface area (Å²) in [4.78, 5) is 28.8. The van der Waals surface area contributed by atoms with Crippen LogP contribution < -0.4 is 5.56 Å². The van der Waals surface area contributed by atoms with Crippen molar-refractivity contribution in [2.45, 2.75) is 52.0 Å². The molecule has 1 aromatic carbocycles. The zero-order chi connectivity index (χ0) is 20.8. The molecule has 1 amide bonds. The highest BCUT2D eigenvalue weighted by Crippen LogP contribution is 2.33. The predicted octanol–water partition coefficient (Wildman–Crippen LogP) is 3.91. The number of rotatable bonds is 3. The van der Waals surface area contributed by atoms with E-state index in [1.165, 1.54) is 11.1 Å². The number of hydrogen-bond acceptors (Lipinski definition) is 4. The number of aromatic nitrogens is 2. The Labute approximate surface area is 175 Å². The molecule has 5 rings (SSSR count). The van der Waals surface area contributed by atoms with Crippen molar-refractivity contribution in [2.75, 3.05) is 6.54 Å². The number of hydrogen-bond donors (Lipinski definition) is 0. The number of carbonyl (C=O) groups is 1. The van der Waals surface area contributed by atoms with Gasteiger partial charge in [0, 0.05) is 18.8 Å². The van der Waals surface area contributed by atoms with Crippen LogP contribution in [0.4, 0.5) is 0 Å². The Morgan fingerprint density at radius 1 is 1.17 bits per heavy atom. The molecule has 1 aliphatic heterocycles. The van der Waals surface area contributed by atoms with Crippen LogP contribution in [-0.4, -0.2) is 27.1 Å². The molecule has 0 spiro atoms. The van der Waals surface area contributed by atoms with Crippen molar-refractivity contribution in [1.29, 1.82) is 0 Å². The Morgan fingerprint density at radius 2 is 2.03 bits per heavy atom. The Bertz CT molecular complexity index is 1190. The van der Waals surface area contributed by atoms with Crippen molar-refractivity contribution < 1.29 is 9.32 Å². The average Bonchev–Trinajstić information content (AvgIpc) is 3.47. The van der Waals surface area contributed by atoms with Crippen LogP contribution in [0.2, 0.25) is 0 Å². The first kappa shape index (κ1) is 18.9. The molecular formula is C24H25N3O3. The van der Waals surface area contributed by atoms with Crippen molar-refractivity contribution >= 4 is 5.91 Å². The first-order chi connectivity index (χ1) is 14.5. The third-order valence-corrected chi connectivity index (χ3v) is 6.40. The summed E-state index contributed by atoms with van der Waals surface area (Å²) in [7, 11) is 0. The lowest BCUT2D eigenvalue weighted by molar-refractivity contribution is 0.0728. The molecular weight excluding hydrogens is 378 g/mol. The van der Waals surface area contributed by atoms with Crippen molar-refractivity contribution in [2.24, 2.45) is 0 Å². The molecule has 0 bridgehead atoms. The highest BCUT2D eigenvalue weighted by molar-refractivity contribution is 5.95. The maximum absolute atomic E-state index is 13.6. The number of amides is 1. The summed E-state index contributed by atoms with van der Waals surface area (Å²) >= 11 is 0. The largest absolute Gasteiger partial charge is 0.361 e. The van der Waals surface area contributed by atoms with Gasteiger partial charge in [0.1, 0.15) is 17.0 Å². The molecule has 6 heteroatoms. The molecule has 3 heterocycles. The Hall–Kier alpha value is -3.15. The van der Waals surface area contributed by atoms with E-state index in [1.807, 2.05) is 38.1 Å². The van der Waals surface area contributed by atoms with E-state index in [9.17, 15) is 9.59 Å². The van der Waals surface area contributed by atoms with E-state index < -0.39 is 0 Å². The SMILES string of the molecule is Cc1cc(C2CCCN2C(=O)c2c(C)ccn(-c3cccc4c3CCC4)c2=O)no1. The van der Waals surface area contributed by atoms with Crippen molar-refractivity contribution in [1.82, 2.24) is 14.6 Å². The third kappa shape index (κ3) is 2.98. The zero-order valence-electron chi connectivity index (χ0n) is 17.4. The number of fused-ring (bicyclic) bond motifs is 1. The van der Waals surface area contributed by atoms with Gasteiger partial charge in [0.15, 0.2) is 0 Å². The zero-order valence-corrected chi connectivity index (χ0v) is 17.4. The van der Waals surface area contributed by atoms with E-state index in [4.69, 9.17) is 4.52 Å². The fourth-order valence-corrected chi connectivity index (χ4v) is 4.91. The maximum Gasteiger partial charge on any atom is 0.268 e. The monoisotopic (exact) mass is 403 g/mol. The Balaban J connectivity index is 1.57. The fraction of sp³-hybridized carbons (Fsp3) is 0.375. The minimum atomic E-state index is -0.248. The molecule has 0 saturated carbocycles. The van der Waals surface area contributed by atoms with E-state index >= 15 is 0 Å². The summed E-state index contributed by atoms with van der Waals surface area (Å²) in [6, 6.07) is 9.70. The van der Waals surface area contributed by atoms with Gasteiger partial charge in [0.2, 0.25) is 0 Å². The van der Waals surface area contributed by atoms with Crippen LogP contribution in [0, 0.1) is 13.8 Å². The maximum atomic E-state index is 13.6. The van der Waals surface area contributed by atoms with E-state index in [0.29, 0.717) is 12.1 Å². The average molecular weight is 403 g/mol. The number of pyridine rings is 1. The Kier molecular flexibility index (Phi) is 4.57. The van der Waals surface area contributed by atoms with Gasteiger partial charge < -0.3 is 9.42 Å². The summed E-state index contributed by atoms with van der Waals surface area (Å²) < 4.78 is 6.87. The highest BCUT2D eigenvalue weighted by atomic mass is 16.5. The molecule has 2 aromatic heterocycles. The van der Waals surface area contributed by atoms with Crippen LogP contribution in [0.1, 0.15) is 63.8 Å². The summed E-state index contributed by atoms with van der Waals surface area (Å²) in [5, 5.41) is 4.12. The van der Waals surface area contributed by atoms with Gasteiger partial charge in [-0.05, 0) is 74.8 Å². The van der Waals surface area contributed by atoms with Crippen LogP contribution >= 0.6 is 0 Å². The standard InChI is InChI=1S/C24H25N3O3/c1-15-11-13-27(20-9-4-7-17-6-3-8-18(17)20)24(29)22(15)23(28)26-12-5-10-21(26)19-14-16(2)30-25-19/h4,7,9,11,13-14,21H,3,5-6,8,10,12H2,1-2H3. The van der Waals surface area contributed by atoms with Crippen LogP contribution in [0.15, 0.2) is 45.8 Å². The lowest BCUT2D eigenvalue weighted by Crippen LogP contribution is -2.37. The first-order valence-electron chi connectivity index (χ1n) is 10.6. The summed E-state index contributed by atoms with van der Waals surface area (Å²) in [5.74, 6) is 0.503. The molecule has 6 nitrogen and oxygen atoms in total. The topological polar surface area (TPSA) is 68.3 Å². The molecule has 0 N–H and O–H groups in total. The minimum Gasteiger partial charge on any atom is -0.361 e. The normalized spacial score (nSPS) is 18.1. The van der Waals surface area contributed by atoms with E-state index in [0.717, 1.165) is 49.2 Å².